The van der Waals surface area contributed by atoms with Crippen LogP contribution in [0.1, 0.15) is 25.7 Å². The van der Waals surface area contributed by atoms with Crippen LogP contribution in [0.3, 0.4) is 0 Å². The van der Waals surface area contributed by atoms with E-state index in [4.69, 9.17) is 10.2 Å². The first-order valence-corrected chi connectivity index (χ1v) is 6.93. The van der Waals surface area contributed by atoms with Crippen LogP contribution in [0, 0.1) is 11.8 Å². The molecular weight excluding hydrogens is 404 g/mol. The van der Waals surface area contributed by atoms with Gasteiger partial charge < -0.3 is 10.2 Å². The second kappa shape index (κ2) is 6.31. The molecule has 1 saturated carbocycles. The molecule has 26 heavy (non-hydrogen) atoms. The van der Waals surface area contributed by atoms with Gasteiger partial charge in [0, 0.05) is 11.8 Å². The van der Waals surface area contributed by atoms with Crippen molar-refractivity contribution < 1.29 is 62.9 Å². The van der Waals surface area contributed by atoms with Gasteiger partial charge in [-0.15, -0.1) is 0 Å². The zero-order valence-corrected chi connectivity index (χ0v) is 12.4. The third-order valence-corrected chi connectivity index (χ3v) is 4.64. The summed E-state index contributed by atoms with van der Waals surface area (Å²) in [6.07, 6.45) is -30.8. The van der Waals surface area contributed by atoms with Gasteiger partial charge in [0.1, 0.15) is 0 Å². The summed E-state index contributed by atoms with van der Waals surface area (Å²) in [7, 11) is 0. The molecule has 0 spiro atoms. The molecule has 0 aromatic heterocycles. The maximum Gasteiger partial charge on any atom is 0.426 e. The highest BCUT2D eigenvalue weighted by molar-refractivity contribution is 5.05. The maximum absolute atomic E-state index is 12.7. The van der Waals surface area contributed by atoms with Crippen LogP contribution in [0.2, 0.25) is 0 Å². The van der Waals surface area contributed by atoms with Crippen LogP contribution >= 0.6 is 0 Å². The largest absolute Gasteiger partial charge is 0.426 e. The Morgan fingerprint density at radius 1 is 0.423 bits per heavy atom. The summed E-state index contributed by atoms with van der Waals surface area (Å²) in [5, 5.41) is 18.3. The Morgan fingerprint density at radius 2 is 0.577 bits per heavy atom. The quantitative estimate of drug-likeness (QED) is 0.651. The van der Waals surface area contributed by atoms with E-state index in [-0.39, 0.29) is 0 Å². The number of hydrogen-bond donors (Lipinski definition) is 2. The van der Waals surface area contributed by atoms with E-state index in [9.17, 15) is 52.7 Å². The van der Waals surface area contributed by atoms with Crippen molar-refractivity contribution in [3.63, 3.8) is 0 Å². The van der Waals surface area contributed by atoms with Crippen molar-refractivity contribution in [1.82, 2.24) is 0 Å². The van der Waals surface area contributed by atoms with Crippen LogP contribution in [-0.4, -0.2) is 46.1 Å². The summed E-state index contributed by atoms with van der Waals surface area (Å²) in [6.45, 7) is 0. The highest BCUT2D eigenvalue weighted by Gasteiger charge is 2.76. The van der Waals surface area contributed by atoms with E-state index in [0.717, 1.165) is 0 Å². The van der Waals surface area contributed by atoms with Crippen molar-refractivity contribution in [2.24, 2.45) is 11.8 Å². The average molecular weight is 416 g/mol. The minimum absolute atomic E-state index is 1.45. The van der Waals surface area contributed by atoms with E-state index >= 15 is 0 Å². The first kappa shape index (κ1) is 23.1. The highest BCUT2D eigenvalue weighted by Crippen LogP contribution is 2.56. The molecule has 1 aliphatic carbocycles. The lowest BCUT2D eigenvalue weighted by molar-refractivity contribution is -0.399. The Morgan fingerprint density at radius 3 is 0.692 bits per heavy atom. The summed E-state index contributed by atoms with van der Waals surface area (Å²) in [5.74, 6) is -5.41. The van der Waals surface area contributed by atoms with E-state index in [1.807, 2.05) is 0 Å². The molecule has 0 aromatic rings. The summed E-state index contributed by atoms with van der Waals surface area (Å²) < 4.78 is 153. The molecule has 0 unspecified atom stereocenters. The lowest BCUT2D eigenvalue weighted by Gasteiger charge is -2.45. The highest BCUT2D eigenvalue weighted by atomic mass is 19.4. The number of halogens is 12. The van der Waals surface area contributed by atoms with Gasteiger partial charge >= 0.3 is 24.7 Å². The van der Waals surface area contributed by atoms with Gasteiger partial charge in [0.2, 0.25) is 0 Å². The van der Waals surface area contributed by atoms with Crippen LogP contribution in [-0.2, 0) is 0 Å². The molecule has 156 valence electrons. The van der Waals surface area contributed by atoms with Gasteiger partial charge in [0.05, 0.1) is 0 Å². The second-order valence-electron chi connectivity index (χ2n) is 6.07. The van der Waals surface area contributed by atoms with Crippen molar-refractivity contribution in [2.45, 2.75) is 61.6 Å². The Labute approximate surface area is 137 Å². The summed E-state index contributed by atoms with van der Waals surface area (Å²) >= 11 is 0. The van der Waals surface area contributed by atoms with Gasteiger partial charge in [-0.25, -0.2) is 0 Å². The normalized spacial score (nSPS) is 24.7. The molecule has 0 aromatic carbocycles. The molecule has 0 amide bonds. The number of hydrogen-bond acceptors (Lipinski definition) is 2. The molecule has 0 aliphatic heterocycles. The van der Waals surface area contributed by atoms with Crippen molar-refractivity contribution >= 4 is 0 Å². The zero-order chi connectivity index (χ0) is 21.0. The molecule has 2 N–H and O–H groups in total. The van der Waals surface area contributed by atoms with Crippen molar-refractivity contribution in [3.05, 3.63) is 0 Å². The molecule has 0 heterocycles. The number of alkyl halides is 12. The molecule has 1 aliphatic rings. The van der Waals surface area contributed by atoms with Crippen LogP contribution in [0.15, 0.2) is 0 Å². The van der Waals surface area contributed by atoms with E-state index in [2.05, 4.69) is 0 Å². The van der Waals surface area contributed by atoms with Crippen LogP contribution in [0.4, 0.5) is 52.7 Å². The van der Waals surface area contributed by atoms with Gasteiger partial charge in [-0.1, -0.05) is 0 Å². The Hall–Kier alpha value is -0.920. The molecular formula is C12H12F12O2. The van der Waals surface area contributed by atoms with E-state index in [0.29, 0.717) is 0 Å². The summed E-state index contributed by atoms with van der Waals surface area (Å²) in [4.78, 5) is 0. The predicted molar refractivity (Wildman–Crippen MR) is 59.6 cm³/mol. The molecule has 0 atom stereocenters. The third kappa shape index (κ3) is 3.45. The average Bonchev–Trinajstić information content (AvgIpc) is 2.40. The fourth-order valence-corrected chi connectivity index (χ4v) is 3.18. The van der Waals surface area contributed by atoms with Gasteiger partial charge in [0.15, 0.2) is 0 Å². The van der Waals surface area contributed by atoms with Gasteiger partial charge in [-0.2, -0.15) is 52.7 Å². The topological polar surface area (TPSA) is 40.5 Å². The zero-order valence-electron chi connectivity index (χ0n) is 12.4. The van der Waals surface area contributed by atoms with E-state index in [1.54, 1.807) is 0 Å². The Balaban J connectivity index is 3.16. The van der Waals surface area contributed by atoms with Crippen molar-refractivity contribution in [3.8, 4) is 0 Å². The molecule has 1 rings (SSSR count). The fraction of sp³-hybridized carbons (Fsp3) is 1.00. The van der Waals surface area contributed by atoms with E-state index in [1.165, 1.54) is 0 Å². The second-order valence-corrected chi connectivity index (χ2v) is 6.07. The minimum Gasteiger partial charge on any atom is -0.373 e. The van der Waals surface area contributed by atoms with Crippen LogP contribution in [0.25, 0.3) is 0 Å². The molecule has 1 fully saturated rings. The number of rotatable bonds is 2. The summed E-state index contributed by atoms with van der Waals surface area (Å²) in [5.41, 5.74) is -10.6. The van der Waals surface area contributed by atoms with Gasteiger partial charge in [0.25, 0.3) is 11.2 Å². The smallest absolute Gasteiger partial charge is 0.373 e. The maximum atomic E-state index is 12.7. The lowest BCUT2D eigenvalue weighted by atomic mass is 9.67. The first-order chi connectivity index (χ1) is 11.2. The van der Waals surface area contributed by atoms with Crippen LogP contribution in [0.5, 0.6) is 0 Å². The SMILES string of the molecule is OC(C1CCC(C(O)(C(F)(F)F)C(F)(F)F)CC1)(C(F)(F)F)C(F)(F)F. The Kier molecular flexibility index (Phi) is 5.61. The molecule has 2 nitrogen and oxygen atoms in total. The molecule has 0 saturated heterocycles. The van der Waals surface area contributed by atoms with Crippen molar-refractivity contribution in [2.75, 3.05) is 0 Å². The van der Waals surface area contributed by atoms with Gasteiger partial charge in [-0.3, -0.25) is 0 Å². The Bertz CT molecular complexity index is 418. The van der Waals surface area contributed by atoms with Gasteiger partial charge in [-0.05, 0) is 25.7 Å². The standard InChI is InChI=1S/C12H12F12O2/c13-9(14,15)7(25,10(16,17)18)5-1-2-6(4-3-5)8(26,11(19,20)21)12(22,23)24/h5-6,25-26H,1-4H2. The first-order valence-electron chi connectivity index (χ1n) is 6.93. The van der Waals surface area contributed by atoms with Crippen LogP contribution < -0.4 is 0 Å². The van der Waals surface area contributed by atoms with E-state index < -0.39 is 73.4 Å². The third-order valence-electron chi connectivity index (χ3n) is 4.64. The molecule has 14 heteroatoms. The number of aliphatic hydroxyl groups is 2. The molecule has 0 radical (unpaired) electrons. The molecule has 0 bridgehead atoms. The summed E-state index contributed by atoms with van der Waals surface area (Å²) in [6, 6.07) is 0. The minimum atomic E-state index is -6.24. The fourth-order valence-electron chi connectivity index (χ4n) is 3.18. The van der Waals surface area contributed by atoms with Crippen molar-refractivity contribution in [1.29, 1.82) is 0 Å². The predicted octanol–water partition coefficient (Wildman–Crippen LogP) is 4.50. The monoisotopic (exact) mass is 416 g/mol. The lowest BCUT2D eigenvalue weighted by Crippen LogP contribution is -2.65.